The Morgan fingerprint density at radius 2 is 1.95 bits per heavy atom. The fourth-order valence-electron chi connectivity index (χ4n) is 2.62. The number of rotatable bonds is 4. The summed E-state index contributed by atoms with van der Waals surface area (Å²) in [5.41, 5.74) is 2.52. The summed E-state index contributed by atoms with van der Waals surface area (Å²) in [7, 11) is 0. The zero-order valence-corrected chi connectivity index (χ0v) is 13.7. The van der Waals surface area contributed by atoms with Gasteiger partial charge in [0, 0.05) is 19.5 Å². The molecule has 2 rings (SSSR count). The highest BCUT2D eigenvalue weighted by Gasteiger charge is 2.25. The van der Waals surface area contributed by atoms with Crippen LogP contribution >= 0.6 is 0 Å². The van der Waals surface area contributed by atoms with Gasteiger partial charge in [0.2, 0.25) is 0 Å². The van der Waals surface area contributed by atoms with E-state index in [4.69, 9.17) is 4.74 Å². The number of ether oxygens (including phenoxy) is 1. The molecule has 0 amide bonds. The highest BCUT2D eigenvalue weighted by Crippen LogP contribution is 2.22. The maximum Gasteiger partial charge on any atom is 0.167 e. The molecule has 1 saturated heterocycles. The lowest BCUT2D eigenvalue weighted by Crippen LogP contribution is -2.46. The predicted molar refractivity (Wildman–Crippen MR) is 85.7 cm³/mol. The normalized spacial score (nSPS) is 20.5. The molecular formula is C18H27NO2. The quantitative estimate of drug-likeness (QED) is 0.853. The van der Waals surface area contributed by atoms with Crippen molar-refractivity contribution in [3.05, 3.63) is 35.4 Å². The third kappa shape index (κ3) is 4.39. The van der Waals surface area contributed by atoms with Crippen LogP contribution in [-0.2, 0) is 21.4 Å². The van der Waals surface area contributed by atoms with Gasteiger partial charge >= 0.3 is 0 Å². The molecule has 1 heterocycles. The lowest BCUT2D eigenvalue weighted by atomic mass is 9.86. The van der Waals surface area contributed by atoms with Gasteiger partial charge in [-0.3, -0.25) is 9.69 Å². The maximum absolute atomic E-state index is 12.4. The molecule has 1 aromatic carbocycles. The van der Waals surface area contributed by atoms with Crippen LogP contribution in [0.1, 0.15) is 38.8 Å². The summed E-state index contributed by atoms with van der Waals surface area (Å²) < 4.78 is 5.63. The molecule has 0 aromatic heterocycles. The highest BCUT2D eigenvalue weighted by atomic mass is 16.5. The monoisotopic (exact) mass is 289 g/mol. The Labute approximate surface area is 128 Å². The average Bonchev–Trinajstić information content (AvgIpc) is 2.47. The van der Waals surface area contributed by atoms with Gasteiger partial charge in [-0.2, -0.15) is 0 Å². The first kappa shape index (κ1) is 16.2. The van der Waals surface area contributed by atoms with Gasteiger partial charge in [-0.25, -0.2) is 0 Å². The van der Waals surface area contributed by atoms with Crippen LogP contribution in [0.25, 0.3) is 0 Å². The Morgan fingerprint density at radius 3 is 2.52 bits per heavy atom. The second kappa shape index (κ2) is 6.71. The molecule has 0 aliphatic carbocycles. The molecule has 1 aliphatic rings. The summed E-state index contributed by atoms with van der Waals surface area (Å²) in [5.74, 6) is 0.191. The molecule has 1 aromatic rings. The molecule has 1 fully saturated rings. The Balaban J connectivity index is 1.96. The van der Waals surface area contributed by atoms with Crippen molar-refractivity contribution in [1.82, 2.24) is 4.90 Å². The predicted octanol–water partition coefficient (Wildman–Crippen LogP) is 2.82. The van der Waals surface area contributed by atoms with Crippen molar-refractivity contribution < 1.29 is 9.53 Å². The number of benzene rings is 1. The second-order valence-electron chi connectivity index (χ2n) is 6.84. The minimum absolute atomic E-state index is 0.149. The van der Waals surface area contributed by atoms with Crippen molar-refractivity contribution in [3.8, 4) is 0 Å². The number of carbonyl (C=O) groups is 1. The van der Waals surface area contributed by atoms with E-state index in [1.165, 1.54) is 5.56 Å². The molecular weight excluding hydrogens is 262 g/mol. The fourth-order valence-corrected chi connectivity index (χ4v) is 2.62. The van der Waals surface area contributed by atoms with E-state index in [2.05, 4.69) is 56.9 Å². The van der Waals surface area contributed by atoms with Gasteiger partial charge in [0.05, 0.1) is 6.61 Å². The number of carbonyl (C=O) groups excluding carboxylic acids is 1. The van der Waals surface area contributed by atoms with Crippen LogP contribution in [0, 0.1) is 0 Å². The van der Waals surface area contributed by atoms with Gasteiger partial charge in [-0.05, 0) is 23.1 Å². The minimum atomic E-state index is -0.263. The number of hydrogen-bond acceptors (Lipinski definition) is 3. The van der Waals surface area contributed by atoms with Crippen molar-refractivity contribution in [3.63, 3.8) is 0 Å². The molecule has 21 heavy (non-hydrogen) atoms. The number of Topliss-reactive ketones (excluding diaryl/α,β-unsaturated/α-hetero) is 1. The first-order chi connectivity index (χ1) is 9.90. The van der Waals surface area contributed by atoms with E-state index in [0.717, 1.165) is 25.2 Å². The third-order valence-corrected chi connectivity index (χ3v) is 4.16. The van der Waals surface area contributed by atoms with Crippen LogP contribution < -0.4 is 0 Å². The van der Waals surface area contributed by atoms with E-state index in [1.807, 2.05) is 0 Å². The van der Waals surface area contributed by atoms with E-state index in [-0.39, 0.29) is 17.3 Å². The van der Waals surface area contributed by atoms with Crippen LogP contribution in [0.5, 0.6) is 0 Å². The van der Waals surface area contributed by atoms with Crippen molar-refractivity contribution >= 4 is 5.78 Å². The molecule has 116 valence electrons. The summed E-state index contributed by atoms with van der Waals surface area (Å²) in [5, 5.41) is 0. The Kier molecular flexibility index (Phi) is 5.17. The van der Waals surface area contributed by atoms with Crippen molar-refractivity contribution in [1.29, 1.82) is 0 Å². The molecule has 0 bridgehead atoms. The molecule has 1 aliphatic heterocycles. The first-order valence-electron chi connectivity index (χ1n) is 7.86. The summed E-state index contributed by atoms with van der Waals surface area (Å²) in [6.07, 6.45) is 0.202. The molecule has 1 atom stereocenters. The molecule has 0 spiro atoms. The SMILES string of the molecule is CCN1CCOC(C(=O)Cc2ccc(C(C)(C)C)cc2)C1. The number of nitrogens with zero attached hydrogens (tertiary/aromatic N) is 1. The average molecular weight is 289 g/mol. The summed E-state index contributed by atoms with van der Waals surface area (Å²) in [6, 6.07) is 8.39. The molecule has 0 radical (unpaired) electrons. The molecule has 3 nitrogen and oxygen atoms in total. The van der Waals surface area contributed by atoms with Gasteiger partial charge in [0.15, 0.2) is 5.78 Å². The number of likely N-dealkylation sites (N-methyl/N-ethyl adjacent to an activating group) is 1. The third-order valence-electron chi connectivity index (χ3n) is 4.16. The van der Waals surface area contributed by atoms with Crippen LogP contribution in [0.3, 0.4) is 0 Å². The van der Waals surface area contributed by atoms with E-state index < -0.39 is 0 Å². The zero-order valence-electron chi connectivity index (χ0n) is 13.7. The Hall–Kier alpha value is -1.19. The molecule has 0 saturated carbocycles. The van der Waals surface area contributed by atoms with Crippen molar-refractivity contribution in [2.45, 2.75) is 45.6 Å². The smallest absolute Gasteiger partial charge is 0.167 e. The zero-order chi connectivity index (χ0) is 15.5. The lowest BCUT2D eigenvalue weighted by Gasteiger charge is -2.31. The maximum atomic E-state index is 12.4. The second-order valence-corrected chi connectivity index (χ2v) is 6.84. The fraction of sp³-hybridized carbons (Fsp3) is 0.611. The van der Waals surface area contributed by atoms with E-state index in [0.29, 0.717) is 13.0 Å². The molecule has 1 unspecified atom stereocenters. The van der Waals surface area contributed by atoms with Crippen LogP contribution in [-0.4, -0.2) is 43.0 Å². The topological polar surface area (TPSA) is 29.5 Å². The Morgan fingerprint density at radius 1 is 1.29 bits per heavy atom. The largest absolute Gasteiger partial charge is 0.368 e. The van der Waals surface area contributed by atoms with E-state index in [1.54, 1.807) is 0 Å². The number of ketones is 1. The minimum Gasteiger partial charge on any atom is -0.368 e. The Bertz CT molecular complexity index is 473. The van der Waals surface area contributed by atoms with Gasteiger partial charge in [0.1, 0.15) is 6.10 Å². The van der Waals surface area contributed by atoms with Crippen molar-refractivity contribution in [2.24, 2.45) is 0 Å². The van der Waals surface area contributed by atoms with Crippen LogP contribution in [0.2, 0.25) is 0 Å². The van der Waals surface area contributed by atoms with Crippen LogP contribution in [0.4, 0.5) is 0 Å². The summed E-state index contributed by atoms with van der Waals surface area (Å²) >= 11 is 0. The van der Waals surface area contributed by atoms with Gasteiger partial charge in [0.25, 0.3) is 0 Å². The van der Waals surface area contributed by atoms with Crippen LogP contribution in [0.15, 0.2) is 24.3 Å². The first-order valence-corrected chi connectivity index (χ1v) is 7.86. The number of morpholine rings is 1. The summed E-state index contributed by atoms with van der Waals surface area (Å²) in [6.45, 7) is 12.0. The molecule has 3 heteroatoms. The molecule has 0 N–H and O–H groups in total. The lowest BCUT2D eigenvalue weighted by molar-refractivity contribution is -0.135. The number of hydrogen-bond donors (Lipinski definition) is 0. The van der Waals surface area contributed by atoms with Gasteiger partial charge < -0.3 is 4.74 Å². The summed E-state index contributed by atoms with van der Waals surface area (Å²) in [4.78, 5) is 14.6. The van der Waals surface area contributed by atoms with E-state index >= 15 is 0 Å². The highest BCUT2D eigenvalue weighted by molar-refractivity contribution is 5.85. The van der Waals surface area contributed by atoms with Gasteiger partial charge in [-0.15, -0.1) is 0 Å². The van der Waals surface area contributed by atoms with Gasteiger partial charge in [-0.1, -0.05) is 52.0 Å². The van der Waals surface area contributed by atoms with Crippen molar-refractivity contribution in [2.75, 3.05) is 26.2 Å². The standard InChI is InChI=1S/C18H27NO2/c1-5-19-10-11-21-17(13-19)16(20)12-14-6-8-15(9-7-14)18(2,3)4/h6-9,17H,5,10-13H2,1-4H3. The van der Waals surface area contributed by atoms with E-state index in [9.17, 15) is 4.79 Å².